The third kappa shape index (κ3) is 8.44. The summed E-state index contributed by atoms with van der Waals surface area (Å²) in [5.74, 6) is 0. The van der Waals surface area contributed by atoms with Crippen LogP contribution in [-0.4, -0.2) is 51.2 Å². The molecule has 1 unspecified atom stereocenters. The van der Waals surface area contributed by atoms with Gasteiger partial charge < -0.3 is 19.9 Å². The molecule has 0 saturated carbocycles. The van der Waals surface area contributed by atoms with Gasteiger partial charge in [0, 0.05) is 33.0 Å². The summed E-state index contributed by atoms with van der Waals surface area (Å²) in [4.78, 5) is 0. The summed E-state index contributed by atoms with van der Waals surface area (Å²) >= 11 is 0. The van der Waals surface area contributed by atoms with Gasteiger partial charge in [-0.1, -0.05) is 6.92 Å². The predicted molar refractivity (Wildman–Crippen MR) is 56.5 cm³/mol. The molecule has 0 aromatic carbocycles. The Morgan fingerprint density at radius 2 is 2.14 bits per heavy atom. The quantitative estimate of drug-likeness (QED) is 0.507. The van der Waals surface area contributed by atoms with E-state index >= 15 is 0 Å². The zero-order valence-electron chi connectivity index (χ0n) is 9.29. The van der Waals surface area contributed by atoms with Crippen molar-refractivity contribution in [2.75, 3.05) is 40.1 Å². The van der Waals surface area contributed by atoms with Crippen LogP contribution in [0.15, 0.2) is 0 Å². The summed E-state index contributed by atoms with van der Waals surface area (Å²) in [5, 5.41) is 12.0. The second-order valence-corrected chi connectivity index (χ2v) is 3.19. The highest BCUT2D eigenvalue weighted by atomic mass is 16.5. The minimum Gasteiger partial charge on any atom is -0.396 e. The minimum absolute atomic E-state index is 0.207. The maximum atomic E-state index is 8.79. The molecule has 0 aromatic rings. The fraction of sp³-hybridized carbons (Fsp3) is 1.00. The van der Waals surface area contributed by atoms with Gasteiger partial charge in [0.05, 0.1) is 6.61 Å². The topological polar surface area (TPSA) is 50.7 Å². The largest absolute Gasteiger partial charge is 0.396 e. The van der Waals surface area contributed by atoms with Crippen molar-refractivity contribution in [2.45, 2.75) is 25.8 Å². The van der Waals surface area contributed by atoms with E-state index < -0.39 is 0 Å². The number of hydrogen-bond acceptors (Lipinski definition) is 4. The number of ether oxygens (including phenoxy) is 2. The first kappa shape index (κ1) is 13.8. The van der Waals surface area contributed by atoms with Crippen LogP contribution in [0.25, 0.3) is 0 Å². The molecule has 0 aliphatic carbocycles. The number of aliphatic hydroxyl groups is 1. The molecule has 0 aliphatic heterocycles. The maximum absolute atomic E-state index is 8.79. The molecule has 0 fully saturated rings. The van der Waals surface area contributed by atoms with Gasteiger partial charge in [-0.2, -0.15) is 0 Å². The summed E-state index contributed by atoms with van der Waals surface area (Å²) in [5.41, 5.74) is 0. The van der Waals surface area contributed by atoms with Crippen LogP contribution >= 0.6 is 0 Å². The van der Waals surface area contributed by atoms with E-state index in [4.69, 9.17) is 14.6 Å². The van der Waals surface area contributed by atoms with Crippen molar-refractivity contribution in [1.29, 1.82) is 0 Å². The fourth-order valence-corrected chi connectivity index (χ4v) is 1.22. The first-order chi connectivity index (χ1) is 6.85. The first-order valence-corrected chi connectivity index (χ1v) is 5.26. The van der Waals surface area contributed by atoms with E-state index in [1.54, 1.807) is 7.11 Å². The van der Waals surface area contributed by atoms with Crippen molar-refractivity contribution in [1.82, 2.24) is 5.32 Å². The lowest BCUT2D eigenvalue weighted by Crippen LogP contribution is -2.34. The molecule has 4 heteroatoms. The summed E-state index contributed by atoms with van der Waals surface area (Å²) in [6.07, 6.45) is 1.67. The number of likely N-dealkylation sites (N-methyl/N-ethyl adjacent to an activating group) is 1. The second-order valence-electron chi connectivity index (χ2n) is 3.19. The Bertz CT molecular complexity index is 106. The first-order valence-electron chi connectivity index (χ1n) is 5.26. The Balaban J connectivity index is 3.30. The molecule has 0 rings (SSSR count). The van der Waals surface area contributed by atoms with Crippen molar-refractivity contribution in [2.24, 2.45) is 0 Å². The molecule has 0 radical (unpaired) electrons. The van der Waals surface area contributed by atoms with Crippen molar-refractivity contribution < 1.29 is 14.6 Å². The zero-order valence-corrected chi connectivity index (χ0v) is 9.29. The molecule has 0 spiro atoms. The SMILES string of the molecule is CCNC(CCO)COCCCOC. The summed E-state index contributed by atoms with van der Waals surface area (Å²) in [6.45, 7) is 5.30. The molecule has 2 N–H and O–H groups in total. The predicted octanol–water partition coefficient (Wildman–Crippen LogP) is 0.400. The molecule has 1 atom stereocenters. The Hall–Kier alpha value is -0.160. The van der Waals surface area contributed by atoms with E-state index in [0.717, 1.165) is 32.6 Å². The minimum atomic E-state index is 0.207. The normalized spacial score (nSPS) is 13.1. The van der Waals surface area contributed by atoms with Crippen LogP contribution in [-0.2, 0) is 9.47 Å². The van der Waals surface area contributed by atoms with E-state index in [-0.39, 0.29) is 12.6 Å². The number of hydrogen-bond donors (Lipinski definition) is 2. The van der Waals surface area contributed by atoms with Crippen LogP contribution in [0.2, 0.25) is 0 Å². The molecular formula is C10H23NO3. The molecule has 86 valence electrons. The van der Waals surface area contributed by atoms with Gasteiger partial charge in [-0.25, -0.2) is 0 Å². The van der Waals surface area contributed by atoms with Crippen molar-refractivity contribution in [3.8, 4) is 0 Å². The van der Waals surface area contributed by atoms with E-state index in [1.807, 2.05) is 0 Å². The Labute approximate surface area is 86.6 Å². The van der Waals surface area contributed by atoms with Crippen molar-refractivity contribution >= 4 is 0 Å². The molecule has 0 heterocycles. The van der Waals surface area contributed by atoms with Gasteiger partial charge in [0.15, 0.2) is 0 Å². The monoisotopic (exact) mass is 205 g/mol. The lowest BCUT2D eigenvalue weighted by molar-refractivity contribution is 0.0818. The molecule has 0 saturated heterocycles. The number of aliphatic hydroxyl groups excluding tert-OH is 1. The van der Waals surface area contributed by atoms with E-state index in [9.17, 15) is 0 Å². The van der Waals surface area contributed by atoms with Gasteiger partial charge in [0.2, 0.25) is 0 Å². The van der Waals surface area contributed by atoms with Gasteiger partial charge in [-0.15, -0.1) is 0 Å². The molecule has 14 heavy (non-hydrogen) atoms. The molecule has 0 bridgehead atoms. The lowest BCUT2D eigenvalue weighted by Gasteiger charge is -2.16. The van der Waals surface area contributed by atoms with E-state index in [0.29, 0.717) is 6.61 Å². The summed E-state index contributed by atoms with van der Waals surface area (Å²) in [7, 11) is 1.69. The molecule has 4 nitrogen and oxygen atoms in total. The average molecular weight is 205 g/mol. The third-order valence-corrected chi connectivity index (χ3v) is 1.93. The van der Waals surface area contributed by atoms with Crippen LogP contribution in [0.3, 0.4) is 0 Å². The third-order valence-electron chi connectivity index (χ3n) is 1.93. The van der Waals surface area contributed by atoms with Gasteiger partial charge in [-0.05, 0) is 19.4 Å². The molecule has 0 amide bonds. The average Bonchev–Trinajstić information content (AvgIpc) is 2.18. The van der Waals surface area contributed by atoms with Crippen LogP contribution < -0.4 is 5.32 Å². The Morgan fingerprint density at radius 1 is 1.36 bits per heavy atom. The fourth-order valence-electron chi connectivity index (χ4n) is 1.22. The molecule has 0 aromatic heterocycles. The summed E-state index contributed by atoms with van der Waals surface area (Å²) < 4.78 is 10.4. The Morgan fingerprint density at radius 3 is 2.71 bits per heavy atom. The van der Waals surface area contributed by atoms with Crippen molar-refractivity contribution in [3.63, 3.8) is 0 Å². The maximum Gasteiger partial charge on any atom is 0.0620 e. The van der Waals surface area contributed by atoms with Crippen LogP contribution in [0, 0.1) is 0 Å². The number of methoxy groups -OCH3 is 1. The standard InChI is InChI=1S/C10H23NO3/c1-3-11-10(5-6-12)9-14-8-4-7-13-2/h10-12H,3-9H2,1-2H3. The zero-order chi connectivity index (χ0) is 10.6. The van der Waals surface area contributed by atoms with Gasteiger partial charge in [0.25, 0.3) is 0 Å². The summed E-state index contributed by atoms with van der Waals surface area (Å²) in [6, 6.07) is 0.271. The smallest absolute Gasteiger partial charge is 0.0620 e. The Kier molecular flexibility index (Phi) is 10.8. The van der Waals surface area contributed by atoms with Gasteiger partial charge in [-0.3, -0.25) is 0 Å². The highest BCUT2D eigenvalue weighted by Gasteiger charge is 2.05. The lowest BCUT2D eigenvalue weighted by atomic mass is 10.2. The molecular weight excluding hydrogens is 182 g/mol. The van der Waals surface area contributed by atoms with Crippen LogP contribution in [0.4, 0.5) is 0 Å². The number of nitrogens with one attached hydrogen (secondary N) is 1. The van der Waals surface area contributed by atoms with E-state index in [2.05, 4.69) is 12.2 Å². The van der Waals surface area contributed by atoms with E-state index in [1.165, 1.54) is 0 Å². The molecule has 0 aliphatic rings. The van der Waals surface area contributed by atoms with Crippen LogP contribution in [0.5, 0.6) is 0 Å². The highest BCUT2D eigenvalue weighted by molar-refractivity contribution is 4.64. The second kappa shape index (κ2) is 10.9. The highest BCUT2D eigenvalue weighted by Crippen LogP contribution is 1.93. The number of rotatable bonds is 10. The van der Waals surface area contributed by atoms with Crippen molar-refractivity contribution in [3.05, 3.63) is 0 Å². The van der Waals surface area contributed by atoms with Gasteiger partial charge >= 0.3 is 0 Å². The van der Waals surface area contributed by atoms with Gasteiger partial charge in [0.1, 0.15) is 0 Å². The van der Waals surface area contributed by atoms with Crippen LogP contribution in [0.1, 0.15) is 19.8 Å².